The summed E-state index contributed by atoms with van der Waals surface area (Å²) in [4.78, 5) is 13.1. The van der Waals surface area contributed by atoms with Crippen LogP contribution in [0.3, 0.4) is 0 Å². The highest BCUT2D eigenvalue weighted by Crippen LogP contribution is 2.47. The maximum absolute atomic E-state index is 13.1. The molecule has 134 valence electrons. The Morgan fingerprint density at radius 3 is 2.48 bits per heavy atom. The molecule has 0 radical (unpaired) electrons. The van der Waals surface area contributed by atoms with Gasteiger partial charge in [0.1, 0.15) is 17.4 Å². The van der Waals surface area contributed by atoms with Crippen molar-refractivity contribution >= 4 is 21.7 Å². The summed E-state index contributed by atoms with van der Waals surface area (Å²) in [6.07, 6.45) is 0.983. The first kappa shape index (κ1) is 17.6. The molecule has 0 aromatic heterocycles. The Hall–Kier alpha value is -2.84. The fraction of sp³-hybridized carbons (Fsp3) is 0.182. The van der Waals surface area contributed by atoms with Crippen LogP contribution in [0, 0.1) is 11.3 Å². The normalized spacial score (nSPS) is 22.1. The van der Waals surface area contributed by atoms with Crippen LogP contribution in [0.1, 0.15) is 35.8 Å². The average Bonchev–Trinajstić information content (AvgIpc) is 2.68. The van der Waals surface area contributed by atoms with Crippen LogP contribution < -0.4 is 5.73 Å². The summed E-state index contributed by atoms with van der Waals surface area (Å²) in [7, 11) is 0. The molecular weight excluding hydrogens is 404 g/mol. The van der Waals surface area contributed by atoms with E-state index in [-0.39, 0.29) is 23.2 Å². The van der Waals surface area contributed by atoms with Crippen LogP contribution in [-0.2, 0) is 9.53 Å². The van der Waals surface area contributed by atoms with Gasteiger partial charge in [0, 0.05) is 22.9 Å². The Bertz CT molecular complexity index is 1020. The minimum absolute atomic E-state index is 0.00565. The molecule has 0 unspecified atom stereocenters. The van der Waals surface area contributed by atoms with Gasteiger partial charge >= 0.3 is 0 Å². The van der Waals surface area contributed by atoms with Gasteiger partial charge in [0.25, 0.3) is 0 Å². The number of ether oxygens (including phenoxy) is 1. The molecule has 2 aliphatic rings. The predicted octanol–water partition coefficient (Wildman–Crippen LogP) is 4.66. The van der Waals surface area contributed by atoms with Gasteiger partial charge in [-0.05, 0) is 23.1 Å². The molecule has 0 amide bonds. The lowest BCUT2D eigenvalue weighted by Gasteiger charge is -2.34. The molecule has 2 aromatic rings. The van der Waals surface area contributed by atoms with Gasteiger partial charge in [0.2, 0.25) is 5.88 Å². The van der Waals surface area contributed by atoms with E-state index in [2.05, 4.69) is 22.0 Å². The van der Waals surface area contributed by atoms with Gasteiger partial charge in [0.15, 0.2) is 5.78 Å². The summed E-state index contributed by atoms with van der Waals surface area (Å²) >= 11 is 3.55. The van der Waals surface area contributed by atoms with Crippen LogP contribution in [-0.4, -0.2) is 5.78 Å². The number of allylic oxidation sites excluding steroid dienone is 3. The molecule has 2 N–H and O–H groups in total. The lowest BCUT2D eigenvalue weighted by Crippen LogP contribution is -2.30. The molecule has 0 bridgehead atoms. The van der Waals surface area contributed by atoms with Crippen LogP contribution in [0.5, 0.6) is 0 Å². The van der Waals surface area contributed by atoms with E-state index in [1.165, 1.54) is 0 Å². The quantitative estimate of drug-likeness (QED) is 0.766. The highest BCUT2D eigenvalue weighted by Gasteiger charge is 2.41. The van der Waals surface area contributed by atoms with E-state index in [0.29, 0.717) is 24.2 Å². The summed E-state index contributed by atoms with van der Waals surface area (Å²) in [5, 5.41) is 9.67. The summed E-state index contributed by atoms with van der Waals surface area (Å²) in [6.45, 7) is 0. The van der Waals surface area contributed by atoms with Gasteiger partial charge in [-0.2, -0.15) is 5.26 Å². The van der Waals surface area contributed by atoms with Crippen molar-refractivity contribution in [2.45, 2.75) is 24.7 Å². The van der Waals surface area contributed by atoms with Gasteiger partial charge in [-0.1, -0.05) is 64.5 Å². The van der Waals surface area contributed by atoms with Gasteiger partial charge in [-0.25, -0.2) is 0 Å². The Labute approximate surface area is 166 Å². The fourth-order valence-electron chi connectivity index (χ4n) is 3.89. The van der Waals surface area contributed by atoms with Crippen molar-refractivity contribution < 1.29 is 9.53 Å². The zero-order valence-corrected chi connectivity index (χ0v) is 16.1. The zero-order valence-electron chi connectivity index (χ0n) is 14.5. The summed E-state index contributed by atoms with van der Waals surface area (Å²) in [5.41, 5.74) is 8.87. The number of nitrogens with zero attached hydrogens (tertiary/aromatic N) is 1. The predicted molar refractivity (Wildman–Crippen MR) is 105 cm³/mol. The maximum Gasteiger partial charge on any atom is 0.205 e. The number of nitriles is 1. The molecule has 1 aliphatic carbocycles. The largest absolute Gasteiger partial charge is 0.444 e. The Kier molecular flexibility index (Phi) is 4.59. The van der Waals surface area contributed by atoms with Crippen LogP contribution in [0.25, 0.3) is 0 Å². The van der Waals surface area contributed by atoms with Crippen LogP contribution >= 0.6 is 15.9 Å². The standard InChI is InChI=1S/C22H17BrN2O2/c23-17-9-5-4-8-15(17)20-16(12-24)22(25)27-19-11-14(10-18(26)21(19)20)13-6-2-1-3-7-13/h1-9,14,20H,10-11,25H2/t14-,20-/m1/s1. The molecule has 1 heterocycles. The maximum atomic E-state index is 13.1. The molecule has 5 heteroatoms. The number of ketones is 1. The molecule has 4 nitrogen and oxygen atoms in total. The van der Waals surface area contributed by atoms with E-state index < -0.39 is 5.92 Å². The third-order valence-electron chi connectivity index (χ3n) is 5.15. The Balaban J connectivity index is 1.82. The van der Waals surface area contributed by atoms with Crippen molar-refractivity contribution in [1.82, 2.24) is 0 Å². The number of hydrogen-bond donors (Lipinski definition) is 1. The smallest absolute Gasteiger partial charge is 0.205 e. The number of hydrogen-bond acceptors (Lipinski definition) is 4. The summed E-state index contributed by atoms with van der Waals surface area (Å²) in [5.74, 6) is 0.217. The molecular formula is C22H17BrN2O2. The molecule has 2 atom stereocenters. The number of Topliss-reactive ketones (excluding diaryl/α,β-unsaturated/α-hetero) is 1. The SMILES string of the molecule is N#CC1=C(N)OC2=C(C(=O)C[C@@H](c3ccccc3)C2)[C@@H]1c1ccccc1Br. The molecule has 27 heavy (non-hydrogen) atoms. The van der Waals surface area contributed by atoms with E-state index in [1.807, 2.05) is 54.6 Å². The van der Waals surface area contributed by atoms with Crippen molar-refractivity contribution in [2.75, 3.05) is 0 Å². The van der Waals surface area contributed by atoms with E-state index in [1.54, 1.807) is 0 Å². The van der Waals surface area contributed by atoms with E-state index in [0.717, 1.165) is 15.6 Å². The second kappa shape index (κ2) is 7.05. The van der Waals surface area contributed by atoms with Crippen LogP contribution in [0.4, 0.5) is 0 Å². The summed E-state index contributed by atoms with van der Waals surface area (Å²) < 4.78 is 6.62. The number of carbonyl (C=O) groups excluding carboxylic acids is 1. The first-order valence-electron chi connectivity index (χ1n) is 8.73. The molecule has 0 saturated carbocycles. The number of nitrogens with two attached hydrogens (primary N) is 1. The van der Waals surface area contributed by atoms with Crippen molar-refractivity contribution in [3.8, 4) is 6.07 Å². The molecule has 1 aliphatic heterocycles. The minimum atomic E-state index is -0.501. The first-order valence-corrected chi connectivity index (χ1v) is 9.52. The summed E-state index contributed by atoms with van der Waals surface area (Å²) in [6, 6.07) is 19.7. The molecule has 4 rings (SSSR count). The van der Waals surface area contributed by atoms with Gasteiger partial charge < -0.3 is 10.5 Å². The topological polar surface area (TPSA) is 76.1 Å². The van der Waals surface area contributed by atoms with Crippen molar-refractivity contribution in [1.29, 1.82) is 5.26 Å². The zero-order chi connectivity index (χ0) is 19.0. The van der Waals surface area contributed by atoms with Gasteiger partial charge in [-0.15, -0.1) is 0 Å². The van der Waals surface area contributed by atoms with Crippen LogP contribution in [0.15, 0.2) is 81.9 Å². The molecule has 2 aromatic carbocycles. The third kappa shape index (κ3) is 3.07. The molecule has 0 fully saturated rings. The first-order chi connectivity index (χ1) is 13.1. The van der Waals surface area contributed by atoms with Gasteiger partial charge in [0.05, 0.1) is 5.92 Å². The fourth-order valence-corrected chi connectivity index (χ4v) is 4.40. The van der Waals surface area contributed by atoms with Crippen molar-refractivity contribution in [3.05, 3.63) is 93.0 Å². The monoisotopic (exact) mass is 420 g/mol. The van der Waals surface area contributed by atoms with Crippen molar-refractivity contribution in [2.24, 2.45) is 5.73 Å². The lowest BCUT2D eigenvalue weighted by molar-refractivity contribution is -0.117. The van der Waals surface area contributed by atoms with Gasteiger partial charge in [-0.3, -0.25) is 4.79 Å². The average molecular weight is 421 g/mol. The minimum Gasteiger partial charge on any atom is -0.444 e. The van der Waals surface area contributed by atoms with E-state index in [4.69, 9.17) is 10.5 Å². The number of rotatable bonds is 2. The second-order valence-corrected chi connectivity index (χ2v) is 7.58. The number of halogens is 1. The van der Waals surface area contributed by atoms with E-state index >= 15 is 0 Å². The van der Waals surface area contributed by atoms with E-state index in [9.17, 15) is 10.1 Å². The Morgan fingerprint density at radius 2 is 1.78 bits per heavy atom. The third-order valence-corrected chi connectivity index (χ3v) is 5.87. The highest BCUT2D eigenvalue weighted by molar-refractivity contribution is 9.10. The van der Waals surface area contributed by atoms with Crippen molar-refractivity contribution in [3.63, 3.8) is 0 Å². The number of benzene rings is 2. The lowest BCUT2D eigenvalue weighted by atomic mass is 9.73. The molecule has 0 saturated heterocycles. The molecule has 0 spiro atoms. The van der Waals surface area contributed by atoms with Crippen LogP contribution in [0.2, 0.25) is 0 Å². The Morgan fingerprint density at radius 1 is 1.07 bits per heavy atom. The number of carbonyl (C=O) groups is 1. The second-order valence-electron chi connectivity index (χ2n) is 6.72. The highest BCUT2D eigenvalue weighted by atomic mass is 79.9.